The molecule has 0 aliphatic rings. The van der Waals surface area contributed by atoms with Crippen molar-refractivity contribution in [2.24, 2.45) is 11.7 Å². The lowest BCUT2D eigenvalue weighted by atomic mass is 10.0. The Morgan fingerprint density at radius 2 is 1.79 bits per heavy atom. The van der Waals surface area contributed by atoms with E-state index in [9.17, 15) is 14.7 Å². The Labute approximate surface area is 143 Å². The van der Waals surface area contributed by atoms with Gasteiger partial charge in [-0.3, -0.25) is 9.59 Å². The molecule has 24 heavy (non-hydrogen) atoms. The van der Waals surface area contributed by atoms with Crippen LogP contribution < -0.4 is 16.4 Å². The van der Waals surface area contributed by atoms with Crippen LogP contribution in [0.2, 0.25) is 0 Å². The molecule has 0 aliphatic heterocycles. The van der Waals surface area contributed by atoms with Crippen molar-refractivity contribution in [1.29, 1.82) is 0 Å². The lowest BCUT2D eigenvalue weighted by molar-refractivity contribution is -0.132. The average Bonchev–Trinajstić information content (AvgIpc) is 2.56. The van der Waals surface area contributed by atoms with E-state index in [1.54, 1.807) is 6.92 Å². The first-order valence-electron chi connectivity index (χ1n) is 8.40. The molecule has 2 amide bonds. The predicted octanol–water partition coefficient (Wildman–Crippen LogP) is 0.932. The summed E-state index contributed by atoms with van der Waals surface area (Å²) >= 11 is 0. The highest BCUT2D eigenvalue weighted by Gasteiger charge is 2.27. The summed E-state index contributed by atoms with van der Waals surface area (Å²) in [6, 6.07) is 8.12. The van der Waals surface area contributed by atoms with E-state index in [2.05, 4.69) is 10.6 Å². The van der Waals surface area contributed by atoms with E-state index in [1.807, 2.05) is 44.2 Å². The summed E-state index contributed by atoms with van der Waals surface area (Å²) in [5, 5.41) is 15.6. The molecule has 1 rings (SSSR count). The average molecular weight is 335 g/mol. The molecule has 2 unspecified atom stereocenters. The number of benzene rings is 1. The van der Waals surface area contributed by atoms with E-state index in [0.29, 0.717) is 25.3 Å². The van der Waals surface area contributed by atoms with Crippen molar-refractivity contribution in [3.63, 3.8) is 0 Å². The third-order valence-corrected chi connectivity index (χ3v) is 3.79. The molecule has 6 heteroatoms. The summed E-state index contributed by atoms with van der Waals surface area (Å²) in [5.74, 6) is -0.557. The Balaban J connectivity index is 2.53. The zero-order valence-electron chi connectivity index (χ0n) is 14.7. The molecule has 0 bridgehead atoms. The van der Waals surface area contributed by atoms with Gasteiger partial charge in [-0.2, -0.15) is 0 Å². The zero-order valence-corrected chi connectivity index (χ0v) is 14.7. The van der Waals surface area contributed by atoms with Gasteiger partial charge in [-0.05, 0) is 24.3 Å². The summed E-state index contributed by atoms with van der Waals surface area (Å²) in [6.07, 6.45) is -0.326. The van der Waals surface area contributed by atoms with Crippen molar-refractivity contribution < 1.29 is 14.7 Å². The maximum absolute atomic E-state index is 12.1. The number of hydrogen-bond donors (Lipinski definition) is 4. The number of carbonyl (C=O) groups excluding carboxylic acids is 2. The molecule has 0 fully saturated rings. The van der Waals surface area contributed by atoms with Crippen LogP contribution in [0.4, 0.5) is 0 Å². The van der Waals surface area contributed by atoms with Crippen molar-refractivity contribution in [1.82, 2.24) is 10.6 Å². The number of rotatable bonds is 9. The lowest BCUT2D eigenvalue weighted by Gasteiger charge is -2.24. The maximum atomic E-state index is 12.1. The van der Waals surface area contributed by atoms with Crippen LogP contribution in [-0.4, -0.2) is 35.1 Å². The molecule has 1 aromatic rings. The molecule has 6 nitrogen and oxygen atoms in total. The summed E-state index contributed by atoms with van der Waals surface area (Å²) in [6.45, 7) is 6.09. The molecule has 0 spiro atoms. The molecule has 0 heterocycles. The van der Waals surface area contributed by atoms with Crippen LogP contribution in [0.5, 0.6) is 0 Å². The quantitative estimate of drug-likeness (QED) is 0.539. The van der Waals surface area contributed by atoms with Gasteiger partial charge in [0.05, 0.1) is 12.1 Å². The Morgan fingerprint density at radius 3 is 2.33 bits per heavy atom. The van der Waals surface area contributed by atoms with Gasteiger partial charge < -0.3 is 21.5 Å². The van der Waals surface area contributed by atoms with Gasteiger partial charge in [0, 0.05) is 6.54 Å². The van der Waals surface area contributed by atoms with Gasteiger partial charge in [0.25, 0.3) is 5.91 Å². The zero-order chi connectivity index (χ0) is 18.1. The number of nitrogens with two attached hydrogens (primary N) is 1. The Hall–Kier alpha value is -1.92. The molecular weight excluding hydrogens is 306 g/mol. The molecule has 1 aromatic carbocycles. The summed E-state index contributed by atoms with van der Waals surface area (Å²) in [5.41, 5.74) is 6.78. The van der Waals surface area contributed by atoms with E-state index in [4.69, 9.17) is 5.73 Å². The number of nitrogens with one attached hydrogen (secondary N) is 2. The Bertz CT molecular complexity index is 520. The Morgan fingerprint density at radius 1 is 1.17 bits per heavy atom. The predicted molar refractivity (Wildman–Crippen MR) is 93.9 cm³/mol. The number of carbonyl (C=O) groups is 2. The fourth-order valence-electron chi connectivity index (χ4n) is 2.38. The molecule has 0 saturated heterocycles. The number of hydrogen-bond acceptors (Lipinski definition) is 4. The van der Waals surface area contributed by atoms with E-state index < -0.39 is 24.1 Å². The molecule has 0 radical (unpaired) electrons. The van der Waals surface area contributed by atoms with Crippen molar-refractivity contribution in [2.75, 3.05) is 0 Å². The van der Waals surface area contributed by atoms with Crippen molar-refractivity contribution in [2.45, 2.75) is 58.3 Å². The minimum Gasteiger partial charge on any atom is -0.381 e. The van der Waals surface area contributed by atoms with Gasteiger partial charge in [0.1, 0.15) is 0 Å². The fraction of sp³-hybridized carbons (Fsp3) is 0.556. The van der Waals surface area contributed by atoms with Crippen LogP contribution in [-0.2, 0) is 16.1 Å². The van der Waals surface area contributed by atoms with Crippen LogP contribution >= 0.6 is 0 Å². The van der Waals surface area contributed by atoms with E-state index >= 15 is 0 Å². The number of amides is 2. The monoisotopic (exact) mass is 335 g/mol. The van der Waals surface area contributed by atoms with Gasteiger partial charge in [0.15, 0.2) is 6.10 Å². The molecule has 3 atom stereocenters. The smallest absolute Gasteiger partial charge is 0.251 e. The first kappa shape index (κ1) is 20.1. The fourth-order valence-corrected chi connectivity index (χ4v) is 2.38. The topological polar surface area (TPSA) is 104 Å². The first-order chi connectivity index (χ1) is 11.3. The second-order valence-corrected chi connectivity index (χ2v) is 6.41. The van der Waals surface area contributed by atoms with Crippen molar-refractivity contribution in [3.05, 3.63) is 35.9 Å². The minimum absolute atomic E-state index is 0.296. The summed E-state index contributed by atoms with van der Waals surface area (Å²) in [7, 11) is 0. The largest absolute Gasteiger partial charge is 0.381 e. The SMILES string of the molecule is CCC(NC(=O)[C@@H](N)CC(C)C)C(O)C(=O)NCc1ccccc1. The molecule has 0 aromatic heterocycles. The second kappa shape index (κ2) is 10.1. The van der Waals surface area contributed by atoms with Crippen molar-refractivity contribution >= 4 is 11.8 Å². The van der Waals surface area contributed by atoms with E-state index in [0.717, 1.165) is 5.56 Å². The van der Waals surface area contributed by atoms with Gasteiger partial charge >= 0.3 is 0 Å². The first-order valence-corrected chi connectivity index (χ1v) is 8.40. The number of aliphatic hydroxyl groups excluding tert-OH is 1. The van der Waals surface area contributed by atoms with Gasteiger partial charge in [-0.15, -0.1) is 0 Å². The van der Waals surface area contributed by atoms with Crippen LogP contribution in [0.3, 0.4) is 0 Å². The van der Waals surface area contributed by atoms with E-state index in [-0.39, 0.29) is 5.91 Å². The van der Waals surface area contributed by atoms with E-state index in [1.165, 1.54) is 0 Å². The summed E-state index contributed by atoms with van der Waals surface area (Å²) < 4.78 is 0. The van der Waals surface area contributed by atoms with Crippen LogP contribution in [0.25, 0.3) is 0 Å². The highest BCUT2D eigenvalue weighted by molar-refractivity contribution is 5.85. The highest BCUT2D eigenvalue weighted by Crippen LogP contribution is 2.06. The highest BCUT2D eigenvalue weighted by atomic mass is 16.3. The standard InChI is InChI=1S/C18H29N3O3/c1-4-15(21-17(23)14(19)10-12(2)3)16(22)18(24)20-11-13-8-6-5-7-9-13/h5-9,12,14-16,22H,4,10-11,19H2,1-3H3,(H,20,24)(H,21,23)/t14-,15?,16?/m0/s1. The molecule has 0 aliphatic carbocycles. The number of aliphatic hydroxyl groups is 1. The third-order valence-electron chi connectivity index (χ3n) is 3.79. The van der Waals surface area contributed by atoms with Gasteiger partial charge in [-0.1, -0.05) is 51.1 Å². The molecule has 134 valence electrons. The second-order valence-electron chi connectivity index (χ2n) is 6.41. The van der Waals surface area contributed by atoms with Gasteiger partial charge in [0.2, 0.25) is 5.91 Å². The molecule has 5 N–H and O–H groups in total. The normalized spacial score (nSPS) is 14.8. The van der Waals surface area contributed by atoms with Crippen molar-refractivity contribution in [3.8, 4) is 0 Å². The van der Waals surface area contributed by atoms with Crippen LogP contribution in [0, 0.1) is 5.92 Å². The third kappa shape index (κ3) is 6.68. The minimum atomic E-state index is -1.31. The van der Waals surface area contributed by atoms with Gasteiger partial charge in [-0.25, -0.2) is 0 Å². The van der Waals surface area contributed by atoms with Crippen LogP contribution in [0.15, 0.2) is 30.3 Å². The Kier molecular flexibility index (Phi) is 8.43. The molecule has 0 saturated carbocycles. The molecular formula is C18H29N3O3. The lowest BCUT2D eigenvalue weighted by Crippen LogP contribution is -2.53. The van der Waals surface area contributed by atoms with Crippen LogP contribution in [0.1, 0.15) is 39.2 Å². The maximum Gasteiger partial charge on any atom is 0.251 e. The summed E-state index contributed by atoms with van der Waals surface area (Å²) in [4.78, 5) is 24.2.